The Hall–Kier alpha value is -3.48. The SMILES string of the molecule is COc1cc(C=CCNC(=O)OCc2ccccc2)ccc1OCC(N)=O. The van der Waals surface area contributed by atoms with Crippen molar-refractivity contribution in [1.82, 2.24) is 5.32 Å². The second kappa shape index (κ2) is 10.5. The first-order valence-electron chi connectivity index (χ1n) is 8.28. The molecule has 0 aliphatic carbocycles. The Bertz CT molecular complexity index is 790. The lowest BCUT2D eigenvalue weighted by molar-refractivity contribution is -0.119. The Balaban J connectivity index is 1.79. The largest absolute Gasteiger partial charge is 0.493 e. The zero-order valence-corrected chi connectivity index (χ0v) is 15.0. The molecule has 0 fully saturated rings. The maximum Gasteiger partial charge on any atom is 0.407 e. The zero-order valence-electron chi connectivity index (χ0n) is 15.0. The number of nitrogens with two attached hydrogens (primary N) is 1. The van der Waals surface area contributed by atoms with Crippen LogP contribution in [-0.4, -0.2) is 32.3 Å². The van der Waals surface area contributed by atoms with Gasteiger partial charge in [0.05, 0.1) is 7.11 Å². The number of carbonyl (C=O) groups excluding carboxylic acids is 2. The maximum atomic E-state index is 11.7. The van der Waals surface area contributed by atoms with Gasteiger partial charge in [0.1, 0.15) is 6.61 Å². The lowest BCUT2D eigenvalue weighted by Crippen LogP contribution is -2.24. The van der Waals surface area contributed by atoms with Crippen molar-refractivity contribution in [1.29, 1.82) is 0 Å². The molecule has 0 heterocycles. The van der Waals surface area contributed by atoms with Crippen LogP contribution in [0.15, 0.2) is 54.6 Å². The highest BCUT2D eigenvalue weighted by molar-refractivity contribution is 5.75. The topological polar surface area (TPSA) is 99.9 Å². The van der Waals surface area contributed by atoms with Gasteiger partial charge in [-0.25, -0.2) is 4.79 Å². The molecule has 0 aliphatic rings. The molecule has 0 aromatic heterocycles. The first-order chi connectivity index (χ1) is 13.1. The van der Waals surface area contributed by atoms with E-state index in [-0.39, 0.29) is 13.2 Å². The predicted molar refractivity (Wildman–Crippen MR) is 101 cm³/mol. The van der Waals surface area contributed by atoms with Crippen molar-refractivity contribution in [3.8, 4) is 11.5 Å². The van der Waals surface area contributed by atoms with Crippen molar-refractivity contribution in [2.45, 2.75) is 6.61 Å². The number of nitrogens with one attached hydrogen (secondary N) is 1. The van der Waals surface area contributed by atoms with Gasteiger partial charge in [-0.1, -0.05) is 48.6 Å². The fourth-order valence-corrected chi connectivity index (χ4v) is 2.17. The molecule has 0 saturated carbocycles. The number of hydrogen-bond acceptors (Lipinski definition) is 5. The summed E-state index contributed by atoms with van der Waals surface area (Å²) in [6.07, 6.45) is 3.11. The summed E-state index contributed by atoms with van der Waals surface area (Å²) < 4.78 is 15.6. The summed E-state index contributed by atoms with van der Waals surface area (Å²) in [5.74, 6) is 0.343. The molecule has 0 radical (unpaired) electrons. The van der Waals surface area contributed by atoms with Crippen molar-refractivity contribution in [2.75, 3.05) is 20.3 Å². The van der Waals surface area contributed by atoms with E-state index in [0.717, 1.165) is 11.1 Å². The van der Waals surface area contributed by atoms with E-state index in [1.807, 2.05) is 36.4 Å². The highest BCUT2D eigenvalue weighted by Gasteiger charge is 2.06. The molecule has 2 amide bonds. The second-order valence-electron chi connectivity index (χ2n) is 5.51. The van der Waals surface area contributed by atoms with Gasteiger partial charge in [0.25, 0.3) is 5.91 Å². The van der Waals surface area contributed by atoms with Gasteiger partial charge in [0, 0.05) is 6.54 Å². The standard InChI is InChI=1S/C20H22N2O5/c1-25-18-12-15(9-10-17(18)26-14-19(21)23)8-5-11-22-20(24)27-13-16-6-3-2-4-7-16/h2-10,12H,11,13-14H2,1H3,(H2,21,23)(H,22,24). The van der Waals surface area contributed by atoms with Crippen LogP contribution in [-0.2, 0) is 16.1 Å². The molecule has 0 unspecified atom stereocenters. The van der Waals surface area contributed by atoms with Crippen LogP contribution in [0.3, 0.4) is 0 Å². The maximum absolute atomic E-state index is 11.7. The number of amides is 2. The van der Waals surface area contributed by atoms with Gasteiger partial charge in [0.15, 0.2) is 18.1 Å². The average molecular weight is 370 g/mol. The third-order valence-electron chi connectivity index (χ3n) is 3.44. The summed E-state index contributed by atoms with van der Waals surface area (Å²) in [5.41, 5.74) is 6.83. The van der Waals surface area contributed by atoms with Gasteiger partial charge < -0.3 is 25.3 Å². The first-order valence-corrected chi connectivity index (χ1v) is 8.28. The number of carbonyl (C=O) groups is 2. The lowest BCUT2D eigenvalue weighted by Gasteiger charge is -2.10. The van der Waals surface area contributed by atoms with Crippen molar-refractivity contribution in [3.63, 3.8) is 0 Å². The van der Waals surface area contributed by atoms with Gasteiger partial charge in [-0.05, 0) is 23.3 Å². The average Bonchev–Trinajstić information content (AvgIpc) is 2.69. The van der Waals surface area contributed by atoms with E-state index in [9.17, 15) is 9.59 Å². The molecule has 7 heteroatoms. The molecule has 0 saturated heterocycles. The molecule has 0 spiro atoms. The Labute approximate surface area is 157 Å². The van der Waals surface area contributed by atoms with Crippen molar-refractivity contribution in [3.05, 3.63) is 65.7 Å². The Kier molecular flexibility index (Phi) is 7.71. The van der Waals surface area contributed by atoms with E-state index in [4.69, 9.17) is 19.9 Å². The predicted octanol–water partition coefficient (Wildman–Crippen LogP) is 2.50. The molecule has 27 heavy (non-hydrogen) atoms. The van der Waals surface area contributed by atoms with Crippen LogP contribution in [0.4, 0.5) is 4.79 Å². The number of alkyl carbamates (subject to hydrolysis) is 1. The van der Waals surface area contributed by atoms with E-state index in [1.165, 1.54) is 7.11 Å². The van der Waals surface area contributed by atoms with Gasteiger partial charge in [-0.15, -0.1) is 0 Å². The van der Waals surface area contributed by atoms with Crippen LogP contribution in [0.1, 0.15) is 11.1 Å². The fourth-order valence-electron chi connectivity index (χ4n) is 2.17. The summed E-state index contributed by atoms with van der Waals surface area (Å²) >= 11 is 0. The minimum absolute atomic E-state index is 0.222. The molecular formula is C20H22N2O5. The number of hydrogen-bond donors (Lipinski definition) is 2. The quantitative estimate of drug-likeness (QED) is 0.706. The molecular weight excluding hydrogens is 348 g/mol. The lowest BCUT2D eigenvalue weighted by atomic mass is 10.2. The fraction of sp³-hybridized carbons (Fsp3) is 0.200. The highest BCUT2D eigenvalue weighted by Crippen LogP contribution is 2.28. The number of rotatable bonds is 9. The first kappa shape index (κ1) is 19.8. The van der Waals surface area contributed by atoms with Crippen molar-refractivity contribution >= 4 is 18.1 Å². The number of methoxy groups -OCH3 is 1. The summed E-state index contributed by atoms with van der Waals surface area (Å²) in [6, 6.07) is 14.7. The Morgan fingerprint density at radius 3 is 2.59 bits per heavy atom. The zero-order chi connectivity index (χ0) is 19.5. The van der Waals surface area contributed by atoms with E-state index in [0.29, 0.717) is 18.0 Å². The third-order valence-corrected chi connectivity index (χ3v) is 3.44. The molecule has 7 nitrogen and oxygen atoms in total. The van der Waals surface area contributed by atoms with Crippen LogP contribution in [0.5, 0.6) is 11.5 Å². The molecule has 3 N–H and O–H groups in total. The number of primary amides is 1. The molecule has 0 bridgehead atoms. The molecule has 0 atom stereocenters. The summed E-state index contributed by atoms with van der Waals surface area (Å²) in [5, 5.41) is 2.64. The molecule has 142 valence electrons. The van der Waals surface area contributed by atoms with Crippen LogP contribution in [0.2, 0.25) is 0 Å². The van der Waals surface area contributed by atoms with Gasteiger partial charge in [-0.3, -0.25) is 4.79 Å². The summed E-state index contributed by atoms with van der Waals surface area (Å²) in [7, 11) is 1.50. The number of ether oxygens (including phenoxy) is 3. The normalized spacial score (nSPS) is 10.4. The second-order valence-corrected chi connectivity index (χ2v) is 5.51. The molecule has 2 rings (SSSR count). The Morgan fingerprint density at radius 2 is 1.89 bits per heavy atom. The van der Waals surface area contributed by atoms with Crippen molar-refractivity contribution < 1.29 is 23.8 Å². The third kappa shape index (κ3) is 7.11. The highest BCUT2D eigenvalue weighted by atomic mass is 16.5. The molecule has 0 aliphatic heterocycles. The molecule has 2 aromatic rings. The van der Waals surface area contributed by atoms with Crippen LogP contribution in [0, 0.1) is 0 Å². The van der Waals surface area contributed by atoms with Crippen molar-refractivity contribution in [2.24, 2.45) is 5.73 Å². The Morgan fingerprint density at radius 1 is 1.11 bits per heavy atom. The minimum atomic E-state index is -0.564. The van der Waals surface area contributed by atoms with Crippen LogP contribution >= 0.6 is 0 Å². The van der Waals surface area contributed by atoms with Gasteiger partial charge >= 0.3 is 6.09 Å². The van der Waals surface area contributed by atoms with Crippen LogP contribution < -0.4 is 20.5 Å². The van der Waals surface area contributed by atoms with E-state index < -0.39 is 12.0 Å². The van der Waals surface area contributed by atoms with E-state index >= 15 is 0 Å². The van der Waals surface area contributed by atoms with Gasteiger partial charge in [0.2, 0.25) is 0 Å². The molecule has 2 aromatic carbocycles. The van der Waals surface area contributed by atoms with Crippen LogP contribution in [0.25, 0.3) is 6.08 Å². The van der Waals surface area contributed by atoms with E-state index in [2.05, 4.69) is 5.32 Å². The van der Waals surface area contributed by atoms with Gasteiger partial charge in [-0.2, -0.15) is 0 Å². The summed E-state index contributed by atoms with van der Waals surface area (Å²) in [4.78, 5) is 22.5. The smallest absolute Gasteiger partial charge is 0.407 e. The minimum Gasteiger partial charge on any atom is -0.493 e. The summed E-state index contributed by atoms with van der Waals surface area (Å²) in [6.45, 7) is 0.316. The van der Waals surface area contributed by atoms with E-state index in [1.54, 1.807) is 24.3 Å². The monoisotopic (exact) mass is 370 g/mol. The number of benzene rings is 2.